The number of hydrogen-bond donors (Lipinski definition) is 1. The Balaban J connectivity index is 0.00000210. The molecule has 1 N–H and O–H groups in total. The third-order valence-electron chi connectivity index (χ3n) is 5.48. The molecular weight excluding hydrogens is 457 g/mol. The molecule has 6 nitrogen and oxygen atoms in total. The summed E-state index contributed by atoms with van der Waals surface area (Å²) in [5.74, 6) is 2.68. The van der Waals surface area contributed by atoms with Crippen molar-refractivity contribution in [2.24, 2.45) is 10.4 Å². The first-order chi connectivity index (χ1) is 12.8. The van der Waals surface area contributed by atoms with E-state index in [9.17, 15) is 0 Å². The smallest absolute Gasteiger partial charge is 0.194 e. The Morgan fingerprint density at radius 1 is 1.19 bits per heavy atom. The summed E-state index contributed by atoms with van der Waals surface area (Å²) in [6.45, 7) is 8.95. The van der Waals surface area contributed by atoms with Crippen LogP contribution in [0.3, 0.4) is 0 Å². The van der Waals surface area contributed by atoms with Crippen LogP contribution in [-0.4, -0.2) is 56.9 Å². The summed E-state index contributed by atoms with van der Waals surface area (Å²) in [5, 5.41) is 3.45. The molecule has 1 unspecified atom stereocenters. The minimum Gasteiger partial charge on any atom is -0.490 e. The van der Waals surface area contributed by atoms with Gasteiger partial charge in [-0.3, -0.25) is 0 Å². The number of nitrogens with zero attached hydrogens (tertiary/aromatic N) is 2. The van der Waals surface area contributed by atoms with Crippen molar-refractivity contribution in [1.29, 1.82) is 0 Å². The molecule has 2 saturated heterocycles. The highest BCUT2D eigenvalue weighted by Crippen LogP contribution is 2.38. The molecule has 0 aromatic heterocycles. The SMILES string of the molecule is CCNC(=NCc1ccc2c(c1)OCCCO2)N1CCC2(CCOC2)C1.I. The van der Waals surface area contributed by atoms with Gasteiger partial charge in [0, 0.05) is 38.1 Å². The molecule has 0 radical (unpaired) electrons. The third-order valence-corrected chi connectivity index (χ3v) is 5.48. The lowest BCUT2D eigenvalue weighted by molar-refractivity contribution is 0.156. The highest BCUT2D eigenvalue weighted by atomic mass is 127. The van der Waals surface area contributed by atoms with Crippen LogP contribution < -0.4 is 14.8 Å². The van der Waals surface area contributed by atoms with Gasteiger partial charge in [-0.2, -0.15) is 0 Å². The molecule has 0 saturated carbocycles. The molecular formula is C20H30IN3O3. The number of aliphatic imine (C=N–C) groups is 1. The molecule has 3 heterocycles. The highest BCUT2D eigenvalue weighted by Gasteiger charge is 2.42. The lowest BCUT2D eigenvalue weighted by Crippen LogP contribution is -2.41. The molecule has 0 amide bonds. The predicted molar refractivity (Wildman–Crippen MR) is 116 cm³/mol. The van der Waals surface area contributed by atoms with Gasteiger partial charge in [0.1, 0.15) is 0 Å². The molecule has 1 atom stereocenters. The average Bonchev–Trinajstić information content (AvgIpc) is 3.22. The highest BCUT2D eigenvalue weighted by molar-refractivity contribution is 14.0. The van der Waals surface area contributed by atoms with E-state index in [0.29, 0.717) is 18.6 Å². The van der Waals surface area contributed by atoms with Crippen LogP contribution in [0.1, 0.15) is 31.7 Å². The summed E-state index contributed by atoms with van der Waals surface area (Å²) >= 11 is 0. The largest absolute Gasteiger partial charge is 0.490 e. The zero-order chi connectivity index (χ0) is 17.8. The Morgan fingerprint density at radius 3 is 2.81 bits per heavy atom. The Kier molecular flexibility index (Phi) is 7.08. The fourth-order valence-electron chi connectivity index (χ4n) is 3.99. The van der Waals surface area contributed by atoms with Crippen molar-refractivity contribution in [2.45, 2.75) is 32.7 Å². The van der Waals surface area contributed by atoms with Gasteiger partial charge in [0.15, 0.2) is 17.5 Å². The lowest BCUT2D eigenvalue weighted by Gasteiger charge is -2.25. The molecule has 1 aromatic carbocycles. The second kappa shape index (κ2) is 9.32. The van der Waals surface area contributed by atoms with Crippen LogP contribution in [-0.2, 0) is 11.3 Å². The van der Waals surface area contributed by atoms with E-state index in [1.165, 1.54) is 12.8 Å². The van der Waals surface area contributed by atoms with Gasteiger partial charge in [-0.05, 0) is 37.5 Å². The maximum absolute atomic E-state index is 5.79. The number of hydrogen-bond acceptors (Lipinski definition) is 4. The monoisotopic (exact) mass is 487 g/mol. The van der Waals surface area contributed by atoms with Gasteiger partial charge in [0.25, 0.3) is 0 Å². The lowest BCUT2D eigenvalue weighted by atomic mass is 9.87. The van der Waals surface area contributed by atoms with Gasteiger partial charge in [-0.25, -0.2) is 4.99 Å². The summed E-state index contributed by atoms with van der Waals surface area (Å²) in [7, 11) is 0. The molecule has 4 rings (SSSR count). The fraction of sp³-hybridized carbons (Fsp3) is 0.650. The number of fused-ring (bicyclic) bond motifs is 1. The summed E-state index contributed by atoms with van der Waals surface area (Å²) in [5.41, 5.74) is 1.48. The van der Waals surface area contributed by atoms with Crippen molar-refractivity contribution in [1.82, 2.24) is 10.2 Å². The number of nitrogens with one attached hydrogen (secondary N) is 1. The third kappa shape index (κ3) is 4.80. The second-order valence-corrected chi connectivity index (χ2v) is 7.48. The maximum Gasteiger partial charge on any atom is 0.194 e. The zero-order valence-corrected chi connectivity index (χ0v) is 18.4. The first kappa shape index (κ1) is 20.5. The Bertz CT molecular complexity index is 662. The standard InChI is InChI=1S/C20H29N3O3.HI/c1-2-21-19(23-8-6-20(14-23)7-11-24-15-20)22-13-16-4-5-17-18(12-16)26-10-3-9-25-17;/h4-5,12H,2-3,6-11,13-15H2,1H3,(H,21,22);1H. The van der Waals surface area contributed by atoms with Crippen LogP contribution in [0, 0.1) is 5.41 Å². The van der Waals surface area contributed by atoms with Gasteiger partial charge in [-0.15, -0.1) is 24.0 Å². The first-order valence-corrected chi connectivity index (χ1v) is 9.78. The van der Waals surface area contributed by atoms with E-state index >= 15 is 0 Å². The molecule has 150 valence electrons. The van der Waals surface area contributed by atoms with Crippen molar-refractivity contribution in [3.63, 3.8) is 0 Å². The number of guanidine groups is 1. The van der Waals surface area contributed by atoms with Crippen molar-refractivity contribution in [2.75, 3.05) is 46.1 Å². The minimum absolute atomic E-state index is 0. The number of rotatable bonds is 3. The van der Waals surface area contributed by atoms with Crippen LogP contribution in [0.5, 0.6) is 11.5 Å². The zero-order valence-electron chi connectivity index (χ0n) is 16.0. The van der Waals surface area contributed by atoms with Gasteiger partial charge >= 0.3 is 0 Å². The molecule has 7 heteroatoms. The summed E-state index contributed by atoms with van der Waals surface area (Å²) in [6.07, 6.45) is 3.29. The number of ether oxygens (including phenoxy) is 3. The van der Waals surface area contributed by atoms with Crippen LogP contribution in [0.25, 0.3) is 0 Å². The predicted octanol–water partition coefficient (Wildman–Crippen LogP) is 3.04. The average molecular weight is 487 g/mol. The normalized spacial score (nSPS) is 24.6. The molecule has 2 fully saturated rings. The molecule has 0 aliphatic carbocycles. The molecule has 1 spiro atoms. The Morgan fingerprint density at radius 2 is 2.04 bits per heavy atom. The summed E-state index contributed by atoms with van der Waals surface area (Å²) in [4.78, 5) is 7.28. The second-order valence-electron chi connectivity index (χ2n) is 7.48. The van der Waals surface area contributed by atoms with E-state index in [1.807, 2.05) is 6.07 Å². The van der Waals surface area contributed by atoms with E-state index in [4.69, 9.17) is 19.2 Å². The van der Waals surface area contributed by atoms with Gasteiger partial charge < -0.3 is 24.4 Å². The first-order valence-electron chi connectivity index (χ1n) is 9.78. The van der Waals surface area contributed by atoms with Crippen molar-refractivity contribution in [3.05, 3.63) is 23.8 Å². The molecule has 3 aliphatic rings. The number of benzene rings is 1. The Labute approximate surface area is 178 Å². The van der Waals surface area contributed by atoms with Crippen molar-refractivity contribution >= 4 is 29.9 Å². The number of halogens is 1. The van der Waals surface area contributed by atoms with Crippen LogP contribution in [0.2, 0.25) is 0 Å². The van der Waals surface area contributed by atoms with Gasteiger partial charge in [0.2, 0.25) is 0 Å². The van der Waals surface area contributed by atoms with E-state index in [-0.39, 0.29) is 24.0 Å². The Hall–Kier alpha value is -1.22. The van der Waals surface area contributed by atoms with E-state index in [0.717, 1.165) is 68.9 Å². The minimum atomic E-state index is 0. The van der Waals surface area contributed by atoms with Crippen molar-refractivity contribution < 1.29 is 14.2 Å². The summed E-state index contributed by atoms with van der Waals surface area (Å²) in [6, 6.07) is 6.14. The van der Waals surface area contributed by atoms with Crippen molar-refractivity contribution in [3.8, 4) is 11.5 Å². The molecule has 0 bridgehead atoms. The fourth-order valence-corrected chi connectivity index (χ4v) is 3.99. The molecule has 3 aliphatic heterocycles. The topological polar surface area (TPSA) is 55.3 Å². The van der Waals surface area contributed by atoms with Crippen LogP contribution in [0.4, 0.5) is 0 Å². The van der Waals surface area contributed by atoms with E-state index in [1.54, 1.807) is 0 Å². The quantitative estimate of drug-likeness (QED) is 0.404. The number of likely N-dealkylation sites (tertiary alicyclic amines) is 1. The van der Waals surface area contributed by atoms with Crippen LogP contribution in [0.15, 0.2) is 23.2 Å². The van der Waals surface area contributed by atoms with E-state index in [2.05, 4.69) is 29.3 Å². The summed E-state index contributed by atoms with van der Waals surface area (Å²) < 4.78 is 17.2. The molecule has 1 aromatic rings. The van der Waals surface area contributed by atoms with Gasteiger partial charge in [-0.1, -0.05) is 6.07 Å². The molecule has 27 heavy (non-hydrogen) atoms. The van der Waals surface area contributed by atoms with E-state index < -0.39 is 0 Å². The van der Waals surface area contributed by atoms with Gasteiger partial charge in [0.05, 0.1) is 26.4 Å². The van der Waals surface area contributed by atoms with Crippen LogP contribution >= 0.6 is 24.0 Å². The maximum atomic E-state index is 5.79.